The van der Waals surface area contributed by atoms with E-state index >= 15 is 0 Å². The zero-order valence-corrected chi connectivity index (χ0v) is 13.7. The van der Waals surface area contributed by atoms with E-state index in [2.05, 4.69) is 15.7 Å². The molecule has 0 saturated carbocycles. The standard InChI is InChI=1S/C17H19F3N4O/c1-11-14(6-3-8-21-11)22-16(25)15-7-9-24(23-15)13-5-2-4-12(10-13)17(18,19)20/h2,4-5,7,9-11,14,21H,3,6,8H2,1H3,(H,22,25). The topological polar surface area (TPSA) is 58.9 Å². The van der Waals surface area contributed by atoms with Crippen LogP contribution in [0.15, 0.2) is 36.5 Å². The van der Waals surface area contributed by atoms with Gasteiger partial charge in [0, 0.05) is 18.3 Å². The third-order valence-corrected chi connectivity index (χ3v) is 4.34. The highest BCUT2D eigenvalue weighted by Crippen LogP contribution is 2.30. The Morgan fingerprint density at radius 1 is 1.36 bits per heavy atom. The lowest BCUT2D eigenvalue weighted by molar-refractivity contribution is -0.137. The molecule has 1 amide bonds. The predicted octanol–water partition coefficient (Wildman–Crippen LogP) is 2.76. The van der Waals surface area contributed by atoms with Crippen LogP contribution in [0.4, 0.5) is 13.2 Å². The van der Waals surface area contributed by atoms with Crippen molar-refractivity contribution in [1.82, 2.24) is 20.4 Å². The number of alkyl halides is 3. The van der Waals surface area contributed by atoms with Crippen molar-refractivity contribution >= 4 is 5.91 Å². The van der Waals surface area contributed by atoms with E-state index in [-0.39, 0.29) is 29.4 Å². The fourth-order valence-electron chi connectivity index (χ4n) is 2.90. The van der Waals surface area contributed by atoms with E-state index in [0.717, 1.165) is 31.5 Å². The zero-order valence-electron chi connectivity index (χ0n) is 13.7. The maximum absolute atomic E-state index is 12.8. The summed E-state index contributed by atoms with van der Waals surface area (Å²) in [5.41, 5.74) is -0.328. The number of rotatable bonds is 3. The first kappa shape index (κ1) is 17.5. The van der Waals surface area contributed by atoms with Gasteiger partial charge in [0.15, 0.2) is 5.69 Å². The summed E-state index contributed by atoms with van der Waals surface area (Å²) in [6.07, 6.45) is -1.08. The maximum atomic E-state index is 12.8. The van der Waals surface area contributed by atoms with Gasteiger partial charge in [-0.1, -0.05) is 6.07 Å². The first-order valence-electron chi connectivity index (χ1n) is 8.12. The van der Waals surface area contributed by atoms with Crippen LogP contribution in [0.25, 0.3) is 5.69 Å². The summed E-state index contributed by atoms with van der Waals surface area (Å²) < 4.78 is 39.7. The van der Waals surface area contributed by atoms with Crippen molar-refractivity contribution < 1.29 is 18.0 Å². The van der Waals surface area contributed by atoms with Gasteiger partial charge in [-0.05, 0) is 50.6 Å². The SMILES string of the molecule is CC1NCCCC1NC(=O)c1ccn(-c2cccc(C(F)(F)F)c2)n1. The summed E-state index contributed by atoms with van der Waals surface area (Å²) in [7, 11) is 0. The molecule has 1 aliphatic heterocycles. The monoisotopic (exact) mass is 352 g/mol. The maximum Gasteiger partial charge on any atom is 0.416 e. The highest BCUT2D eigenvalue weighted by atomic mass is 19.4. The van der Waals surface area contributed by atoms with Crippen molar-refractivity contribution in [3.8, 4) is 5.69 Å². The van der Waals surface area contributed by atoms with Crippen molar-refractivity contribution in [3.05, 3.63) is 47.8 Å². The van der Waals surface area contributed by atoms with Crippen LogP contribution in [0.5, 0.6) is 0 Å². The van der Waals surface area contributed by atoms with Gasteiger partial charge >= 0.3 is 6.18 Å². The minimum atomic E-state index is -4.42. The number of nitrogens with zero attached hydrogens (tertiary/aromatic N) is 2. The lowest BCUT2D eigenvalue weighted by Gasteiger charge is -2.30. The predicted molar refractivity (Wildman–Crippen MR) is 86.5 cm³/mol. The van der Waals surface area contributed by atoms with E-state index in [0.29, 0.717) is 0 Å². The van der Waals surface area contributed by atoms with Crippen LogP contribution in [-0.2, 0) is 6.18 Å². The zero-order chi connectivity index (χ0) is 18.0. The molecule has 2 atom stereocenters. The van der Waals surface area contributed by atoms with Crippen molar-refractivity contribution in [2.24, 2.45) is 0 Å². The van der Waals surface area contributed by atoms with Gasteiger partial charge in [0.05, 0.1) is 11.3 Å². The van der Waals surface area contributed by atoms with E-state index in [1.54, 1.807) is 0 Å². The molecule has 8 heteroatoms. The molecule has 0 spiro atoms. The van der Waals surface area contributed by atoms with E-state index in [1.165, 1.54) is 29.1 Å². The number of carbonyl (C=O) groups is 1. The largest absolute Gasteiger partial charge is 0.416 e. The molecular weight excluding hydrogens is 333 g/mol. The molecule has 1 aliphatic rings. The van der Waals surface area contributed by atoms with Crippen molar-refractivity contribution in [2.45, 2.75) is 38.0 Å². The molecule has 2 aromatic rings. The molecule has 5 nitrogen and oxygen atoms in total. The number of amides is 1. The summed E-state index contributed by atoms with van der Waals surface area (Å²) in [4.78, 5) is 12.3. The quantitative estimate of drug-likeness (QED) is 0.893. The van der Waals surface area contributed by atoms with E-state index in [4.69, 9.17) is 0 Å². The van der Waals surface area contributed by atoms with Gasteiger partial charge in [0.25, 0.3) is 5.91 Å². The Bertz CT molecular complexity index is 756. The fourth-order valence-corrected chi connectivity index (χ4v) is 2.90. The second kappa shape index (κ2) is 6.87. The first-order valence-corrected chi connectivity index (χ1v) is 8.12. The highest BCUT2D eigenvalue weighted by Gasteiger charge is 2.30. The number of hydrogen-bond donors (Lipinski definition) is 2. The van der Waals surface area contributed by atoms with Crippen LogP contribution in [-0.4, -0.2) is 34.3 Å². The van der Waals surface area contributed by atoms with Gasteiger partial charge in [0.2, 0.25) is 0 Å². The van der Waals surface area contributed by atoms with Crippen molar-refractivity contribution in [1.29, 1.82) is 0 Å². The van der Waals surface area contributed by atoms with Gasteiger partial charge in [-0.25, -0.2) is 4.68 Å². The lowest BCUT2D eigenvalue weighted by atomic mass is 10.00. The van der Waals surface area contributed by atoms with E-state index in [9.17, 15) is 18.0 Å². The molecule has 2 heterocycles. The Balaban J connectivity index is 1.75. The minimum absolute atomic E-state index is 0.0138. The third-order valence-electron chi connectivity index (χ3n) is 4.34. The van der Waals surface area contributed by atoms with Crippen LogP contribution in [0.3, 0.4) is 0 Å². The smallest absolute Gasteiger partial charge is 0.346 e. The number of piperidine rings is 1. The summed E-state index contributed by atoms with van der Waals surface area (Å²) in [5.74, 6) is -0.328. The van der Waals surface area contributed by atoms with E-state index < -0.39 is 11.7 Å². The van der Waals surface area contributed by atoms with Gasteiger partial charge in [-0.15, -0.1) is 0 Å². The van der Waals surface area contributed by atoms with Gasteiger partial charge in [0.1, 0.15) is 0 Å². The molecule has 1 aromatic heterocycles. The highest BCUT2D eigenvalue weighted by molar-refractivity contribution is 5.92. The second-order valence-corrected chi connectivity index (χ2v) is 6.16. The Kier molecular flexibility index (Phi) is 4.80. The average molecular weight is 352 g/mol. The van der Waals surface area contributed by atoms with Crippen molar-refractivity contribution in [3.63, 3.8) is 0 Å². The Morgan fingerprint density at radius 3 is 2.88 bits per heavy atom. The fraction of sp³-hybridized carbons (Fsp3) is 0.412. The molecule has 0 aliphatic carbocycles. The molecule has 0 radical (unpaired) electrons. The molecule has 134 valence electrons. The van der Waals surface area contributed by atoms with E-state index in [1.807, 2.05) is 6.92 Å². The van der Waals surface area contributed by atoms with Gasteiger partial charge < -0.3 is 10.6 Å². The summed E-state index contributed by atoms with van der Waals surface area (Å²) >= 11 is 0. The third kappa shape index (κ3) is 4.01. The summed E-state index contributed by atoms with van der Waals surface area (Å²) in [5, 5.41) is 10.3. The molecule has 25 heavy (non-hydrogen) atoms. The number of halogens is 3. The molecule has 2 unspecified atom stereocenters. The van der Waals surface area contributed by atoms with Gasteiger partial charge in [-0.2, -0.15) is 18.3 Å². The normalized spacial score (nSPS) is 21.1. The first-order chi connectivity index (χ1) is 11.8. The number of nitrogens with one attached hydrogen (secondary N) is 2. The minimum Gasteiger partial charge on any atom is -0.346 e. The van der Waals surface area contributed by atoms with Crippen LogP contribution in [0.1, 0.15) is 35.8 Å². The molecule has 1 aromatic carbocycles. The van der Waals surface area contributed by atoms with Crippen molar-refractivity contribution in [2.75, 3.05) is 6.54 Å². The number of aromatic nitrogens is 2. The van der Waals surface area contributed by atoms with Crippen LogP contribution >= 0.6 is 0 Å². The molecule has 2 N–H and O–H groups in total. The average Bonchev–Trinajstić information content (AvgIpc) is 3.06. The number of benzene rings is 1. The summed E-state index contributed by atoms with van der Waals surface area (Å²) in [6, 6.07) is 6.51. The second-order valence-electron chi connectivity index (χ2n) is 6.16. The molecule has 0 bridgehead atoms. The summed E-state index contributed by atoms with van der Waals surface area (Å²) in [6.45, 7) is 2.93. The van der Waals surface area contributed by atoms with Crippen LogP contribution in [0, 0.1) is 0 Å². The number of hydrogen-bond acceptors (Lipinski definition) is 3. The molecule has 1 fully saturated rings. The Labute approximate surface area is 143 Å². The Hall–Kier alpha value is -2.35. The number of carbonyl (C=O) groups excluding carboxylic acids is 1. The lowest BCUT2D eigenvalue weighted by Crippen LogP contribution is -2.52. The van der Waals surface area contributed by atoms with Crippen LogP contribution < -0.4 is 10.6 Å². The van der Waals surface area contributed by atoms with Gasteiger partial charge in [-0.3, -0.25) is 4.79 Å². The van der Waals surface area contributed by atoms with Crippen LogP contribution in [0.2, 0.25) is 0 Å². The molecular formula is C17H19F3N4O. The molecule has 3 rings (SSSR count). The Morgan fingerprint density at radius 2 is 2.16 bits per heavy atom. The molecule has 1 saturated heterocycles.